The number of carboxylic acids is 1. The number of hydrogen-bond donors (Lipinski definition) is 6. The zero-order valence-corrected chi connectivity index (χ0v) is 44.7. The van der Waals surface area contributed by atoms with E-state index in [0.717, 1.165) is 12.1 Å². The lowest BCUT2D eigenvalue weighted by Crippen LogP contribution is -2.31. The summed E-state index contributed by atoms with van der Waals surface area (Å²) in [6, 6.07) is 9.53. The maximum atomic E-state index is 12.7. The smallest absolute Gasteiger partial charge is 0.303 e. The van der Waals surface area contributed by atoms with Gasteiger partial charge < -0.3 is 19.5 Å². The molecule has 21 nitrogen and oxygen atoms in total. The van der Waals surface area contributed by atoms with E-state index in [2.05, 4.69) is 0 Å². The van der Waals surface area contributed by atoms with Crippen LogP contribution < -0.4 is 4.90 Å². The van der Waals surface area contributed by atoms with E-state index in [0.29, 0.717) is 71.9 Å². The molecule has 74 heavy (non-hydrogen) atoms. The molecule has 1 unspecified atom stereocenters. The van der Waals surface area contributed by atoms with Gasteiger partial charge in [0.05, 0.1) is 40.8 Å². The number of hydrogen-bond acceptors (Lipinski definition) is 14. The molecule has 0 saturated carbocycles. The van der Waals surface area contributed by atoms with Crippen molar-refractivity contribution in [2.45, 2.75) is 89.7 Å². The summed E-state index contributed by atoms with van der Waals surface area (Å²) in [7, 11) is -23.1. The molecular weight excluding hydrogens is 1070 g/mol. The number of nitrogens with zero attached hydrogens (tertiary/aromatic N) is 2. The van der Waals surface area contributed by atoms with Gasteiger partial charge in [-0.2, -0.15) is 46.7 Å². The van der Waals surface area contributed by atoms with Gasteiger partial charge in [0.25, 0.3) is 50.6 Å². The second-order valence-corrected chi connectivity index (χ2v) is 25.6. The van der Waals surface area contributed by atoms with Gasteiger partial charge in [0, 0.05) is 71.8 Å². The van der Waals surface area contributed by atoms with Crippen LogP contribution in [0.2, 0.25) is 0 Å². The molecule has 2 heterocycles. The van der Waals surface area contributed by atoms with Crippen LogP contribution in [0.4, 0.5) is 11.4 Å². The van der Waals surface area contributed by atoms with E-state index in [4.69, 9.17) is 9.47 Å². The summed E-state index contributed by atoms with van der Waals surface area (Å²) < 4.78 is 188. The molecule has 402 valence electrons. The molecular formula is C48H57N2O19S5+. The molecule has 0 spiro atoms. The van der Waals surface area contributed by atoms with Crippen molar-refractivity contribution in [3.05, 3.63) is 108 Å². The summed E-state index contributed by atoms with van der Waals surface area (Å²) in [5.74, 6) is -1.61. The van der Waals surface area contributed by atoms with Gasteiger partial charge in [-0.3, -0.25) is 27.6 Å². The van der Waals surface area contributed by atoms with Crippen LogP contribution in [-0.2, 0) is 75.7 Å². The van der Waals surface area contributed by atoms with E-state index in [1.165, 1.54) is 19.2 Å². The van der Waals surface area contributed by atoms with Crippen LogP contribution >= 0.6 is 0 Å². The Morgan fingerprint density at radius 2 is 1.22 bits per heavy atom. The summed E-state index contributed by atoms with van der Waals surface area (Å²) >= 11 is 0. The number of methoxy groups -OCH3 is 1. The molecule has 0 aromatic heterocycles. The predicted octanol–water partition coefficient (Wildman–Crippen LogP) is 6.66. The van der Waals surface area contributed by atoms with Gasteiger partial charge in [-0.25, -0.2) is 0 Å². The lowest BCUT2D eigenvalue weighted by molar-refractivity contribution is -0.438. The zero-order valence-electron chi connectivity index (χ0n) is 40.6. The molecule has 0 aliphatic carbocycles. The highest BCUT2D eigenvalue weighted by molar-refractivity contribution is 7.87. The molecule has 26 heteroatoms. The minimum atomic E-state index is -5.09. The Kier molecular flexibility index (Phi) is 17.4. The molecule has 4 aromatic carbocycles. The van der Waals surface area contributed by atoms with Gasteiger partial charge in [0.1, 0.15) is 16.3 Å². The first-order valence-corrected chi connectivity index (χ1v) is 30.2. The largest absolute Gasteiger partial charge is 0.481 e. The van der Waals surface area contributed by atoms with E-state index in [1.807, 2.05) is 23.3 Å². The van der Waals surface area contributed by atoms with Gasteiger partial charge in [0.15, 0.2) is 5.71 Å². The number of carboxylic acid groups (broad SMARTS) is 1. The van der Waals surface area contributed by atoms with E-state index < -0.39 is 92.7 Å². The van der Waals surface area contributed by atoms with Crippen molar-refractivity contribution in [3.63, 3.8) is 0 Å². The predicted molar refractivity (Wildman–Crippen MR) is 275 cm³/mol. The van der Waals surface area contributed by atoms with Gasteiger partial charge in [-0.1, -0.05) is 36.4 Å². The molecule has 2 aliphatic rings. The standard InChI is InChI=1S/C48H56N2O19S5/c1-47(2)42(49(22-12-8-11-16-44(51)52)38-19-17-34-36(45(38)47)28-32(71(56,57)58)30-40(34)73(62,63)64)14-9-6-5-7-10-15-43-48(3,21-13-27-70(53,54)55)46-37-29-33(72(59,60)61)31-41(74(65,66)67)35(37)18-20-39(46)50(43)23-24-69-26-25-68-4/h5-7,9-10,14-15,17-20,28-31H,8,11-13,16,21-27H2,1-4H3,(H5-,51,52,53,54,55,56,57,58,59,60,61,62,63,64,65,66,67)/p+1. The second kappa shape index (κ2) is 22.2. The van der Waals surface area contributed by atoms with E-state index >= 15 is 0 Å². The zero-order chi connectivity index (χ0) is 54.8. The van der Waals surface area contributed by atoms with Gasteiger partial charge in [-0.05, 0) is 105 Å². The van der Waals surface area contributed by atoms with Crippen molar-refractivity contribution in [2.75, 3.05) is 50.7 Å². The highest BCUT2D eigenvalue weighted by Gasteiger charge is 2.47. The fourth-order valence-corrected chi connectivity index (χ4v) is 13.0. The Labute approximate surface area is 429 Å². The number of allylic oxidation sites excluding steroid dienone is 8. The van der Waals surface area contributed by atoms with Crippen molar-refractivity contribution < 1.29 is 88.8 Å². The minimum Gasteiger partial charge on any atom is -0.481 e. The Morgan fingerprint density at radius 3 is 1.77 bits per heavy atom. The first kappa shape index (κ1) is 58.0. The Morgan fingerprint density at radius 1 is 0.649 bits per heavy atom. The van der Waals surface area contributed by atoms with E-state index in [9.17, 15) is 74.8 Å². The average Bonchev–Trinajstić information content (AvgIpc) is 3.65. The van der Waals surface area contributed by atoms with Crippen LogP contribution in [0.1, 0.15) is 70.4 Å². The summed E-state index contributed by atoms with van der Waals surface area (Å²) in [5.41, 5.74) is 0.785. The SMILES string of the molecule is COCCOCCN1/C(=C/C=C/C=C/C=C/C2=[N+](CCCCCC(=O)O)c3ccc4c(S(=O)(=O)O)cc(S(=O)(=O)O)cc4c3C2(C)C)C(C)(CCCS(=O)(=O)O)c2c1ccc1c(S(=O)(=O)O)cc(S(=O)(=O)O)cc21. The normalized spacial score (nSPS) is 18.1. The summed E-state index contributed by atoms with van der Waals surface area (Å²) in [5, 5.41) is 9.26. The number of benzene rings is 4. The lowest BCUT2D eigenvalue weighted by atomic mass is 9.75. The van der Waals surface area contributed by atoms with Crippen molar-refractivity contribution in [2.24, 2.45) is 0 Å². The van der Waals surface area contributed by atoms with Gasteiger partial charge in [-0.15, -0.1) is 0 Å². The number of fused-ring (bicyclic) bond motifs is 6. The number of anilines is 1. The number of ether oxygens (including phenoxy) is 2. The van der Waals surface area contributed by atoms with Crippen molar-refractivity contribution in [3.8, 4) is 0 Å². The Balaban J connectivity index is 1.45. The quantitative estimate of drug-likeness (QED) is 0.0185. The maximum absolute atomic E-state index is 12.7. The molecule has 0 radical (unpaired) electrons. The molecule has 4 aromatic rings. The molecule has 0 amide bonds. The van der Waals surface area contributed by atoms with Crippen LogP contribution in [0.25, 0.3) is 21.5 Å². The third-order valence-corrected chi connectivity index (χ3v) is 17.2. The van der Waals surface area contributed by atoms with Crippen molar-refractivity contribution in [1.82, 2.24) is 0 Å². The molecule has 2 aliphatic heterocycles. The maximum Gasteiger partial charge on any atom is 0.303 e. The summed E-state index contributed by atoms with van der Waals surface area (Å²) in [6.45, 7) is 6.52. The average molecular weight is 1130 g/mol. The first-order chi connectivity index (χ1) is 34.3. The molecule has 0 fully saturated rings. The van der Waals surface area contributed by atoms with Crippen LogP contribution in [0.3, 0.4) is 0 Å². The fraction of sp³-hybridized carbons (Fsp3) is 0.375. The fourth-order valence-electron chi connectivity index (χ4n) is 9.81. The van der Waals surface area contributed by atoms with Crippen molar-refractivity contribution >= 4 is 95.2 Å². The second-order valence-electron chi connectivity index (χ2n) is 18.4. The third kappa shape index (κ3) is 12.9. The van der Waals surface area contributed by atoms with Crippen LogP contribution in [0, 0.1) is 0 Å². The third-order valence-electron chi connectivity index (χ3n) is 13.0. The number of unbranched alkanes of at least 4 members (excludes halogenated alkanes) is 2. The molecule has 0 saturated heterocycles. The Bertz CT molecular complexity index is 3640. The monoisotopic (exact) mass is 1130 g/mol. The van der Waals surface area contributed by atoms with Gasteiger partial charge in [0.2, 0.25) is 5.69 Å². The van der Waals surface area contributed by atoms with Crippen molar-refractivity contribution in [1.29, 1.82) is 0 Å². The molecule has 6 rings (SSSR count). The topological polar surface area (TPSA) is 334 Å². The highest BCUT2D eigenvalue weighted by Crippen LogP contribution is 2.54. The summed E-state index contributed by atoms with van der Waals surface area (Å²) in [4.78, 5) is 9.94. The van der Waals surface area contributed by atoms with E-state index in [1.54, 1.807) is 61.6 Å². The molecule has 1 atom stereocenters. The minimum absolute atomic E-state index is 0.00786. The van der Waals surface area contributed by atoms with Crippen LogP contribution in [0.15, 0.2) is 116 Å². The van der Waals surface area contributed by atoms with Crippen LogP contribution in [0.5, 0.6) is 0 Å². The Hall–Kier alpha value is -5.23. The highest BCUT2D eigenvalue weighted by atomic mass is 32.2. The lowest BCUT2D eigenvalue weighted by Gasteiger charge is -2.31. The molecule has 6 N–H and O–H groups in total. The first-order valence-electron chi connectivity index (χ1n) is 22.8. The number of aliphatic carboxylic acids is 1. The molecule has 0 bridgehead atoms. The number of rotatable bonds is 24. The van der Waals surface area contributed by atoms with Crippen LogP contribution in [-0.4, -0.2) is 132 Å². The number of carbonyl (C=O) groups is 1. The van der Waals surface area contributed by atoms with E-state index in [-0.39, 0.29) is 67.2 Å². The van der Waals surface area contributed by atoms with Gasteiger partial charge >= 0.3 is 5.97 Å². The summed E-state index contributed by atoms with van der Waals surface area (Å²) in [6.07, 6.45) is 13.2.